The molecule has 8 heteroatoms. The second kappa shape index (κ2) is 10.6. The topological polar surface area (TPSA) is 104 Å². The zero-order valence-corrected chi connectivity index (χ0v) is 20.0. The van der Waals surface area contributed by atoms with E-state index in [0.717, 1.165) is 47.7 Å². The minimum absolute atomic E-state index is 0.472. The summed E-state index contributed by atoms with van der Waals surface area (Å²) in [4.78, 5) is 11.0. The van der Waals surface area contributed by atoms with E-state index in [4.69, 9.17) is 9.78 Å². The van der Waals surface area contributed by atoms with Gasteiger partial charge in [-0.05, 0) is 49.2 Å². The molecule has 1 atom stereocenters. The molecule has 5 rings (SSSR count). The zero-order chi connectivity index (χ0) is 24.9. The first-order chi connectivity index (χ1) is 17.6. The van der Waals surface area contributed by atoms with Crippen LogP contribution in [-0.4, -0.2) is 42.8 Å². The van der Waals surface area contributed by atoms with Gasteiger partial charge in [0.25, 0.3) is 0 Å². The lowest BCUT2D eigenvalue weighted by Gasteiger charge is -2.37. The zero-order valence-electron chi connectivity index (χ0n) is 20.0. The predicted octanol–water partition coefficient (Wildman–Crippen LogP) is 3.78. The molecule has 0 amide bonds. The number of hydrogen-bond donors (Lipinski definition) is 1. The maximum atomic E-state index is 9.82. The molecule has 1 saturated heterocycles. The summed E-state index contributed by atoms with van der Waals surface area (Å²) in [7, 11) is 0. The fourth-order valence-electron chi connectivity index (χ4n) is 4.27. The van der Waals surface area contributed by atoms with Crippen LogP contribution >= 0.6 is 0 Å². The Morgan fingerprint density at radius 3 is 2.56 bits per heavy atom. The third kappa shape index (κ3) is 5.52. The summed E-state index contributed by atoms with van der Waals surface area (Å²) in [6.07, 6.45) is 5.27. The maximum Gasteiger partial charge on any atom is 0.167 e. The van der Waals surface area contributed by atoms with E-state index in [-0.39, 0.29) is 0 Å². The first-order valence-electron chi connectivity index (χ1n) is 11.9. The maximum absolute atomic E-state index is 9.82. The second-order valence-corrected chi connectivity index (χ2v) is 9.06. The molecule has 4 heterocycles. The number of aliphatic hydroxyl groups is 1. The lowest BCUT2D eigenvalue weighted by atomic mass is 9.97. The molecule has 0 bridgehead atoms. The molecule has 0 radical (unpaired) electrons. The number of imidazole rings is 1. The number of likely N-dealkylation sites (tertiary alicyclic amines) is 1. The van der Waals surface area contributed by atoms with Crippen molar-refractivity contribution in [3.63, 3.8) is 0 Å². The van der Waals surface area contributed by atoms with Crippen LogP contribution in [0.15, 0.2) is 65.6 Å². The van der Waals surface area contributed by atoms with Crippen LogP contribution in [0, 0.1) is 29.1 Å². The third-order valence-corrected chi connectivity index (χ3v) is 6.16. The molecular weight excluding hydrogens is 452 g/mol. The van der Waals surface area contributed by atoms with Gasteiger partial charge in [-0.15, -0.1) is 0 Å². The van der Waals surface area contributed by atoms with E-state index in [1.165, 1.54) is 0 Å². The Labute approximate surface area is 209 Å². The number of pyridine rings is 1. The quantitative estimate of drug-likeness (QED) is 0.403. The van der Waals surface area contributed by atoms with Crippen LogP contribution in [0.3, 0.4) is 0 Å². The Balaban J connectivity index is 1.17. The van der Waals surface area contributed by atoms with Crippen LogP contribution in [0.4, 0.5) is 0 Å². The number of benzene rings is 1. The number of hydrogen-bond acceptors (Lipinski definition) is 7. The van der Waals surface area contributed by atoms with E-state index in [9.17, 15) is 5.11 Å². The van der Waals surface area contributed by atoms with Gasteiger partial charge in [-0.3, -0.25) is 9.88 Å². The smallest absolute Gasteiger partial charge is 0.167 e. The molecule has 1 aliphatic rings. The molecule has 8 nitrogen and oxygen atoms in total. The van der Waals surface area contributed by atoms with Gasteiger partial charge in [0, 0.05) is 67.4 Å². The summed E-state index contributed by atoms with van der Waals surface area (Å²) in [6, 6.07) is 16.0. The standard InChI is InChI=1S/C28H26N6O2/c1-20(35)28-30-12-13-34(28)19-26-14-27(36-32-26)24-7-4-21(5-8-24)2-3-22-6-9-25(31-15-22)18-33-16-23(17-33)10-11-29/h4-9,12-15,20,23,35H,10,16-19H2,1H3. The Morgan fingerprint density at radius 1 is 1.06 bits per heavy atom. The molecule has 1 unspecified atom stereocenters. The third-order valence-electron chi connectivity index (χ3n) is 6.16. The Kier molecular flexibility index (Phi) is 6.90. The van der Waals surface area contributed by atoms with Gasteiger partial charge >= 0.3 is 0 Å². The fourth-order valence-corrected chi connectivity index (χ4v) is 4.27. The second-order valence-electron chi connectivity index (χ2n) is 9.06. The summed E-state index contributed by atoms with van der Waals surface area (Å²) >= 11 is 0. The lowest BCUT2D eigenvalue weighted by Crippen LogP contribution is -2.45. The van der Waals surface area contributed by atoms with Crippen LogP contribution in [0.5, 0.6) is 0 Å². The normalized spacial score (nSPS) is 14.5. The van der Waals surface area contributed by atoms with E-state index >= 15 is 0 Å². The van der Waals surface area contributed by atoms with Crippen molar-refractivity contribution < 1.29 is 9.63 Å². The fraction of sp³-hybridized carbons (Fsp3) is 0.286. The summed E-state index contributed by atoms with van der Waals surface area (Å²) in [5.41, 5.74) is 4.44. The minimum atomic E-state index is -0.650. The molecule has 36 heavy (non-hydrogen) atoms. The molecule has 3 aromatic heterocycles. The number of nitrogens with zero attached hydrogens (tertiary/aromatic N) is 6. The monoisotopic (exact) mass is 478 g/mol. The van der Waals surface area contributed by atoms with Crippen molar-refractivity contribution in [1.82, 2.24) is 24.6 Å². The summed E-state index contributed by atoms with van der Waals surface area (Å²) in [6.45, 7) is 4.91. The number of rotatable bonds is 7. The highest BCUT2D eigenvalue weighted by Gasteiger charge is 2.26. The highest BCUT2D eigenvalue weighted by atomic mass is 16.5. The van der Waals surface area contributed by atoms with Crippen molar-refractivity contribution in [3.8, 4) is 29.2 Å². The number of nitriles is 1. The first-order valence-corrected chi connectivity index (χ1v) is 11.9. The molecule has 4 aromatic rings. The molecule has 1 fully saturated rings. The highest BCUT2D eigenvalue weighted by molar-refractivity contribution is 5.59. The van der Waals surface area contributed by atoms with Crippen LogP contribution in [0.1, 0.15) is 47.8 Å². The predicted molar refractivity (Wildman–Crippen MR) is 133 cm³/mol. The van der Waals surface area contributed by atoms with Gasteiger partial charge in [0.1, 0.15) is 17.6 Å². The molecule has 1 aromatic carbocycles. The molecular formula is C28H26N6O2. The van der Waals surface area contributed by atoms with E-state index in [1.54, 1.807) is 13.1 Å². The van der Waals surface area contributed by atoms with Crippen molar-refractivity contribution in [2.45, 2.75) is 32.5 Å². The van der Waals surface area contributed by atoms with Crippen LogP contribution in [-0.2, 0) is 13.1 Å². The van der Waals surface area contributed by atoms with Crippen molar-refractivity contribution in [3.05, 3.63) is 89.4 Å². The molecule has 0 saturated carbocycles. The van der Waals surface area contributed by atoms with Gasteiger partial charge in [-0.25, -0.2) is 4.98 Å². The summed E-state index contributed by atoms with van der Waals surface area (Å²) in [5.74, 6) is 8.12. The van der Waals surface area contributed by atoms with Crippen LogP contribution < -0.4 is 0 Å². The van der Waals surface area contributed by atoms with E-state index in [2.05, 4.69) is 37.9 Å². The average molecular weight is 479 g/mol. The first kappa shape index (κ1) is 23.5. The Bertz CT molecular complexity index is 1410. The van der Waals surface area contributed by atoms with Gasteiger partial charge in [0.05, 0.1) is 18.3 Å². The summed E-state index contributed by atoms with van der Waals surface area (Å²) in [5, 5.41) is 22.7. The molecule has 1 N–H and O–H groups in total. The van der Waals surface area contributed by atoms with Crippen LogP contribution in [0.2, 0.25) is 0 Å². The molecule has 180 valence electrons. The van der Waals surface area contributed by atoms with Crippen LogP contribution in [0.25, 0.3) is 11.3 Å². The van der Waals surface area contributed by atoms with Gasteiger partial charge in [-0.1, -0.05) is 17.0 Å². The molecule has 0 aliphatic carbocycles. The molecule has 0 spiro atoms. The SMILES string of the molecule is CC(O)c1nccn1Cc1cc(-c2ccc(C#Cc3ccc(CN4CC(CC#N)C4)nc3)cc2)on1. The van der Waals surface area contributed by atoms with Gasteiger partial charge in [0.2, 0.25) is 0 Å². The molecule has 1 aliphatic heterocycles. The minimum Gasteiger partial charge on any atom is -0.385 e. The Morgan fingerprint density at radius 2 is 1.83 bits per heavy atom. The lowest BCUT2D eigenvalue weighted by molar-refractivity contribution is 0.0940. The number of aromatic nitrogens is 4. The average Bonchev–Trinajstić information content (AvgIpc) is 3.53. The van der Waals surface area contributed by atoms with E-state index in [0.29, 0.717) is 30.5 Å². The van der Waals surface area contributed by atoms with Gasteiger partial charge < -0.3 is 14.2 Å². The Hall–Kier alpha value is -4.24. The largest absolute Gasteiger partial charge is 0.385 e. The highest BCUT2D eigenvalue weighted by Crippen LogP contribution is 2.22. The van der Waals surface area contributed by atoms with Gasteiger partial charge in [0.15, 0.2) is 5.76 Å². The summed E-state index contributed by atoms with van der Waals surface area (Å²) < 4.78 is 7.38. The van der Waals surface area contributed by atoms with E-state index < -0.39 is 6.10 Å². The van der Waals surface area contributed by atoms with Crippen molar-refractivity contribution in [2.75, 3.05) is 13.1 Å². The van der Waals surface area contributed by atoms with E-state index in [1.807, 2.05) is 59.4 Å². The van der Waals surface area contributed by atoms with Crippen molar-refractivity contribution >= 4 is 0 Å². The number of aliphatic hydroxyl groups excluding tert-OH is 1. The van der Waals surface area contributed by atoms with Crippen molar-refractivity contribution in [2.24, 2.45) is 5.92 Å². The van der Waals surface area contributed by atoms with Crippen molar-refractivity contribution in [1.29, 1.82) is 5.26 Å². The van der Waals surface area contributed by atoms with Gasteiger partial charge in [-0.2, -0.15) is 5.26 Å².